The van der Waals surface area contributed by atoms with E-state index in [1.165, 1.54) is 23.0 Å². The van der Waals surface area contributed by atoms with E-state index in [0.29, 0.717) is 13.0 Å². The monoisotopic (exact) mass is 314 g/mol. The molecule has 2 heterocycles. The second-order valence-electron chi connectivity index (χ2n) is 5.39. The van der Waals surface area contributed by atoms with Crippen molar-refractivity contribution in [3.63, 3.8) is 0 Å². The minimum absolute atomic E-state index is 0.227. The number of carbonyl (C=O) groups excluding carboxylic acids is 2. The lowest BCUT2D eigenvalue weighted by molar-refractivity contribution is -0.147. The molecule has 1 amide bonds. The molecule has 1 unspecified atom stereocenters. The molecule has 1 fully saturated rings. The number of aromatic nitrogens is 3. The SMILES string of the molecule is COC(=O)C1CCCCN1C(=O)c1cnn(-c2ccccc2)n1. The predicted molar refractivity (Wildman–Crippen MR) is 82.1 cm³/mol. The molecule has 2 aromatic rings. The third-order valence-electron chi connectivity index (χ3n) is 3.94. The van der Waals surface area contributed by atoms with E-state index in [1.807, 2.05) is 30.3 Å². The molecule has 0 N–H and O–H groups in total. The summed E-state index contributed by atoms with van der Waals surface area (Å²) in [6.07, 6.45) is 3.82. The Labute approximate surface area is 133 Å². The number of para-hydroxylation sites is 1. The molecule has 0 bridgehead atoms. The molecule has 0 radical (unpaired) electrons. The first-order valence-electron chi connectivity index (χ1n) is 7.57. The van der Waals surface area contributed by atoms with Crippen LogP contribution >= 0.6 is 0 Å². The number of amides is 1. The zero-order valence-electron chi connectivity index (χ0n) is 12.9. The summed E-state index contributed by atoms with van der Waals surface area (Å²) in [7, 11) is 1.34. The van der Waals surface area contributed by atoms with Crippen LogP contribution in [0.5, 0.6) is 0 Å². The summed E-state index contributed by atoms with van der Waals surface area (Å²) >= 11 is 0. The van der Waals surface area contributed by atoms with E-state index < -0.39 is 6.04 Å². The maximum Gasteiger partial charge on any atom is 0.328 e. The van der Waals surface area contributed by atoms with E-state index in [-0.39, 0.29) is 17.6 Å². The van der Waals surface area contributed by atoms with Gasteiger partial charge in [-0.05, 0) is 31.4 Å². The van der Waals surface area contributed by atoms with E-state index in [9.17, 15) is 9.59 Å². The Hall–Kier alpha value is -2.70. The van der Waals surface area contributed by atoms with Gasteiger partial charge < -0.3 is 9.64 Å². The number of hydrogen-bond donors (Lipinski definition) is 0. The number of methoxy groups -OCH3 is 1. The predicted octanol–water partition coefficient (Wildman–Crippen LogP) is 1.43. The normalized spacial score (nSPS) is 17.8. The standard InChI is InChI=1S/C16H18N4O3/c1-23-16(22)14-9-5-6-10-19(14)15(21)13-11-17-20(18-13)12-7-3-2-4-8-12/h2-4,7-8,11,14H,5-6,9-10H2,1H3. The Bertz CT molecular complexity index is 698. The highest BCUT2D eigenvalue weighted by atomic mass is 16.5. The van der Waals surface area contributed by atoms with Crippen LogP contribution in [0.15, 0.2) is 36.5 Å². The number of carbonyl (C=O) groups is 2. The number of likely N-dealkylation sites (tertiary alicyclic amines) is 1. The molecular formula is C16H18N4O3. The van der Waals surface area contributed by atoms with Crippen LogP contribution in [0.4, 0.5) is 0 Å². The smallest absolute Gasteiger partial charge is 0.328 e. The van der Waals surface area contributed by atoms with Crippen LogP contribution in [0.25, 0.3) is 5.69 Å². The minimum atomic E-state index is -0.539. The van der Waals surface area contributed by atoms with Gasteiger partial charge in [-0.25, -0.2) is 4.79 Å². The van der Waals surface area contributed by atoms with Gasteiger partial charge in [0.25, 0.3) is 5.91 Å². The Kier molecular flexibility index (Phi) is 4.36. The highest BCUT2D eigenvalue weighted by Gasteiger charge is 2.34. The number of benzene rings is 1. The van der Waals surface area contributed by atoms with Crippen LogP contribution < -0.4 is 0 Å². The Morgan fingerprint density at radius 1 is 1.22 bits per heavy atom. The minimum Gasteiger partial charge on any atom is -0.467 e. The van der Waals surface area contributed by atoms with Crippen LogP contribution in [-0.2, 0) is 9.53 Å². The maximum atomic E-state index is 12.7. The van der Waals surface area contributed by atoms with Crippen molar-refractivity contribution < 1.29 is 14.3 Å². The van der Waals surface area contributed by atoms with Gasteiger partial charge in [0.05, 0.1) is 19.0 Å². The van der Waals surface area contributed by atoms with Crippen molar-refractivity contribution in [3.8, 4) is 5.69 Å². The number of nitrogens with zero attached hydrogens (tertiary/aromatic N) is 4. The quantitative estimate of drug-likeness (QED) is 0.801. The third-order valence-corrected chi connectivity index (χ3v) is 3.94. The zero-order valence-corrected chi connectivity index (χ0v) is 12.9. The van der Waals surface area contributed by atoms with Gasteiger partial charge in [-0.1, -0.05) is 18.2 Å². The number of hydrogen-bond acceptors (Lipinski definition) is 5. The molecule has 23 heavy (non-hydrogen) atoms. The van der Waals surface area contributed by atoms with Crippen molar-refractivity contribution in [2.75, 3.05) is 13.7 Å². The fourth-order valence-corrected chi connectivity index (χ4v) is 2.75. The van der Waals surface area contributed by atoms with Gasteiger partial charge >= 0.3 is 5.97 Å². The highest BCUT2D eigenvalue weighted by molar-refractivity contribution is 5.95. The van der Waals surface area contributed by atoms with Crippen LogP contribution in [-0.4, -0.2) is 51.5 Å². The molecule has 1 saturated heterocycles. The van der Waals surface area contributed by atoms with Crippen molar-refractivity contribution in [3.05, 3.63) is 42.2 Å². The topological polar surface area (TPSA) is 77.3 Å². The summed E-state index contributed by atoms with van der Waals surface area (Å²) in [4.78, 5) is 27.5. The first-order chi connectivity index (χ1) is 11.2. The molecule has 0 aliphatic carbocycles. The van der Waals surface area contributed by atoms with Gasteiger partial charge in [0.1, 0.15) is 6.04 Å². The molecule has 1 atom stereocenters. The first kappa shape index (κ1) is 15.2. The summed E-state index contributed by atoms with van der Waals surface area (Å²) in [6, 6.07) is 8.81. The number of rotatable bonds is 3. The number of esters is 1. The van der Waals surface area contributed by atoms with E-state index in [2.05, 4.69) is 10.2 Å². The molecule has 120 valence electrons. The van der Waals surface area contributed by atoms with Gasteiger partial charge in [-0.15, -0.1) is 5.10 Å². The molecule has 1 aliphatic rings. The molecule has 7 nitrogen and oxygen atoms in total. The first-order valence-corrected chi connectivity index (χ1v) is 7.57. The molecule has 7 heteroatoms. The summed E-state index contributed by atoms with van der Waals surface area (Å²) in [5.74, 6) is -0.671. The molecule has 0 saturated carbocycles. The van der Waals surface area contributed by atoms with Gasteiger partial charge in [0.2, 0.25) is 0 Å². The van der Waals surface area contributed by atoms with Crippen LogP contribution in [0.1, 0.15) is 29.8 Å². The molecule has 1 aromatic heterocycles. The summed E-state index contributed by atoms with van der Waals surface area (Å²) < 4.78 is 4.81. The number of ether oxygens (including phenoxy) is 1. The Morgan fingerprint density at radius 3 is 2.74 bits per heavy atom. The van der Waals surface area contributed by atoms with E-state index in [4.69, 9.17) is 4.74 Å². The summed E-state index contributed by atoms with van der Waals surface area (Å²) in [5, 5.41) is 8.37. The number of piperidine rings is 1. The van der Waals surface area contributed by atoms with Gasteiger partial charge in [0, 0.05) is 6.54 Å². The lowest BCUT2D eigenvalue weighted by atomic mass is 10.0. The second kappa shape index (κ2) is 6.60. The van der Waals surface area contributed by atoms with Crippen molar-refractivity contribution in [1.82, 2.24) is 19.9 Å². The lowest BCUT2D eigenvalue weighted by Gasteiger charge is -2.33. The third kappa shape index (κ3) is 3.08. The fourth-order valence-electron chi connectivity index (χ4n) is 2.75. The molecule has 3 rings (SSSR count). The highest BCUT2D eigenvalue weighted by Crippen LogP contribution is 2.20. The van der Waals surface area contributed by atoms with E-state index in [1.54, 1.807) is 0 Å². The van der Waals surface area contributed by atoms with E-state index >= 15 is 0 Å². The van der Waals surface area contributed by atoms with Gasteiger partial charge in [-0.3, -0.25) is 4.79 Å². The second-order valence-corrected chi connectivity index (χ2v) is 5.39. The Morgan fingerprint density at radius 2 is 2.00 bits per heavy atom. The lowest BCUT2D eigenvalue weighted by Crippen LogP contribution is -2.48. The van der Waals surface area contributed by atoms with Crippen molar-refractivity contribution in [1.29, 1.82) is 0 Å². The maximum absolute atomic E-state index is 12.7. The van der Waals surface area contributed by atoms with Crippen molar-refractivity contribution >= 4 is 11.9 Å². The average Bonchev–Trinajstić information content (AvgIpc) is 3.11. The largest absolute Gasteiger partial charge is 0.467 e. The molecule has 1 aliphatic heterocycles. The average molecular weight is 314 g/mol. The fraction of sp³-hybridized carbons (Fsp3) is 0.375. The van der Waals surface area contributed by atoms with Crippen molar-refractivity contribution in [2.24, 2.45) is 0 Å². The van der Waals surface area contributed by atoms with Crippen LogP contribution in [0.3, 0.4) is 0 Å². The molecule has 0 spiro atoms. The van der Waals surface area contributed by atoms with Crippen LogP contribution in [0, 0.1) is 0 Å². The molecular weight excluding hydrogens is 296 g/mol. The Balaban J connectivity index is 1.82. The van der Waals surface area contributed by atoms with E-state index in [0.717, 1.165) is 18.5 Å². The summed E-state index contributed by atoms with van der Waals surface area (Å²) in [5.41, 5.74) is 0.999. The van der Waals surface area contributed by atoms with Gasteiger partial charge in [-0.2, -0.15) is 9.90 Å². The zero-order chi connectivity index (χ0) is 16.2. The van der Waals surface area contributed by atoms with Gasteiger partial charge in [0.15, 0.2) is 5.69 Å². The van der Waals surface area contributed by atoms with Crippen LogP contribution in [0.2, 0.25) is 0 Å². The molecule has 1 aromatic carbocycles. The van der Waals surface area contributed by atoms with Crippen molar-refractivity contribution in [2.45, 2.75) is 25.3 Å². The summed E-state index contributed by atoms with van der Waals surface area (Å²) in [6.45, 7) is 0.525.